The van der Waals surface area contributed by atoms with Crippen molar-refractivity contribution in [1.29, 1.82) is 0 Å². The van der Waals surface area contributed by atoms with E-state index in [0.717, 1.165) is 0 Å². The number of aromatic nitrogens is 2. The molecule has 9 heteroatoms. The van der Waals surface area contributed by atoms with Crippen molar-refractivity contribution in [2.24, 2.45) is 0 Å². The molecule has 27 heavy (non-hydrogen) atoms. The van der Waals surface area contributed by atoms with Crippen molar-refractivity contribution >= 4 is 56.5 Å². The third-order valence-corrected chi connectivity index (χ3v) is 6.19. The largest absolute Gasteiger partial charge is 0.495 e. The maximum atomic E-state index is 12.6. The van der Waals surface area contributed by atoms with Crippen LogP contribution in [0.5, 0.6) is 5.75 Å². The highest BCUT2D eigenvalue weighted by Gasteiger charge is 2.20. The molecule has 0 fully saturated rings. The number of nitrogens with one attached hydrogen (secondary N) is 1. The minimum atomic E-state index is -0.452. The molecule has 0 radical (unpaired) electrons. The molecule has 3 rings (SSSR count). The summed E-state index contributed by atoms with van der Waals surface area (Å²) in [4.78, 5) is 29.7. The topological polar surface area (TPSA) is 73.2 Å². The Labute approximate surface area is 169 Å². The van der Waals surface area contributed by atoms with Crippen LogP contribution in [0, 0.1) is 0 Å². The summed E-state index contributed by atoms with van der Waals surface area (Å²) in [6, 6.07) is 6.86. The van der Waals surface area contributed by atoms with E-state index in [-0.39, 0.29) is 11.5 Å². The van der Waals surface area contributed by atoms with Crippen molar-refractivity contribution < 1.29 is 9.53 Å². The normalized spacial score (nSPS) is 12.1. The van der Waals surface area contributed by atoms with E-state index >= 15 is 0 Å². The van der Waals surface area contributed by atoms with Gasteiger partial charge in [-0.2, -0.15) is 0 Å². The number of rotatable bonds is 6. The molecule has 1 N–H and O–H groups in total. The lowest BCUT2D eigenvalue weighted by Gasteiger charge is -2.15. The van der Waals surface area contributed by atoms with E-state index in [1.165, 1.54) is 30.2 Å². The van der Waals surface area contributed by atoms with E-state index < -0.39 is 5.25 Å². The zero-order chi connectivity index (χ0) is 19.6. The summed E-state index contributed by atoms with van der Waals surface area (Å²) in [6.45, 7) is 4.15. The number of amides is 1. The Morgan fingerprint density at radius 2 is 2.22 bits per heavy atom. The zero-order valence-electron chi connectivity index (χ0n) is 15.0. The Bertz CT molecular complexity index is 1050. The van der Waals surface area contributed by atoms with Gasteiger partial charge in [0.05, 0.1) is 22.9 Å². The number of thiophene rings is 1. The van der Waals surface area contributed by atoms with Crippen LogP contribution in [-0.4, -0.2) is 27.8 Å². The lowest BCUT2D eigenvalue weighted by Crippen LogP contribution is -2.26. The highest BCUT2D eigenvalue weighted by Crippen LogP contribution is 2.29. The van der Waals surface area contributed by atoms with Gasteiger partial charge in [-0.25, -0.2) is 4.98 Å². The van der Waals surface area contributed by atoms with Crippen molar-refractivity contribution in [3.8, 4) is 5.75 Å². The lowest BCUT2D eigenvalue weighted by molar-refractivity contribution is -0.115. The Morgan fingerprint density at radius 3 is 2.89 bits per heavy atom. The Morgan fingerprint density at radius 1 is 1.44 bits per heavy atom. The van der Waals surface area contributed by atoms with Gasteiger partial charge in [0.15, 0.2) is 5.16 Å². The van der Waals surface area contributed by atoms with E-state index in [1.807, 2.05) is 18.4 Å². The molecular weight excluding hydrogens is 406 g/mol. The second-order valence-electron chi connectivity index (χ2n) is 5.68. The van der Waals surface area contributed by atoms with Gasteiger partial charge in [0.25, 0.3) is 5.56 Å². The number of ether oxygens (including phenoxy) is 1. The van der Waals surface area contributed by atoms with Crippen LogP contribution in [0.3, 0.4) is 0 Å². The molecule has 1 amide bonds. The van der Waals surface area contributed by atoms with Gasteiger partial charge >= 0.3 is 0 Å². The fourth-order valence-electron chi connectivity index (χ4n) is 2.49. The summed E-state index contributed by atoms with van der Waals surface area (Å²) in [7, 11) is 1.53. The summed E-state index contributed by atoms with van der Waals surface area (Å²) in [5, 5.41) is 5.17. The number of halogens is 1. The maximum Gasteiger partial charge on any atom is 0.272 e. The second kappa shape index (κ2) is 8.33. The molecule has 3 aromatic rings. The number of carbonyl (C=O) groups excluding carboxylic acids is 1. The predicted molar refractivity (Wildman–Crippen MR) is 112 cm³/mol. The van der Waals surface area contributed by atoms with Gasteiger partial charge in [-0.15, -0.1) is 11.3 Å². The van der Waals surface area contributed by atoms with E-state index in [1.54, 1.807) is 29.7 Å². The van der Waals surface area contributed by atoms with Crippen LogP contribution in [0.4, 0.5) is 5.69 Å². The van der Waals surface area contributed by atoms with Gasteiger partial charge < -0.3 is 10.1 Å². The quantitative estimate of drug-likeness (QED) is 0.473. The van der Waals surface area contributed by atoms with Crippen LogP contribution >= 0.6 is 34.7 Å². The molecule has 6 nitrogen and oxygen atoms in total. The molecule has 0 saturated heterocycles. The highest BCUT2D eigenvalue weighted by atomic mass is 35.5. The molecule has 1 unspecified atom stereocenters. The average molecular weight is 424 g/mol. The van der Waals surface area contributed by atoms with E-state index in [4.69, 9.17) is 16.3 Å². The Balaban J connectivity index is 1.79. The molecule has 1 atom stereocenters. The first-order chi connectivity index (χ1) is 12.9. The third kappa shape index (κ3) is 4.12. The number of hydrogen-bond donors (Lipinski definition) is 1. The summed E-state index contributed by atoms with van der Waals surface area (Å²) >= 11 is 8.72. The third-order valence-electron chi connectivity index (χ3n) is 3.92. The molecule has 2 heterocycles. The maximum absolute atomic E-state index is 12.6. The van der Waals surface area contributed by atoms with Crippen molar-refractivity contribution in [2.75, 3.05) is 12.4 Å². The molecule has 0 bridgehead atoms. The second-order valence-corrected chi connectivity index (χ2v) is 8.31. The van der Waals surface area contributed by atoms with E-state index in [2.05, 4.69) is 10.3 Å². The predicted octanol–water partition coefficient (Wildman–Crippen LogP) is 4.26. The molecule has 0 saturated carbocycles. The number of fused-ring (bicyclic) bond motifs is 1. The molecule has 0 spiro atoms. The number of hydrogen-bond acceptors (Lipinski definition) is 6. The van der Waals surface area contributed by atoms with Crippen molar-refractivity contribution in [2.45, 2.75) is 30.8 Å². The number of carbonyl (C=O) groups is 1. The first-order valence-corrected chi connectivity index (χ1v) is 10.4. The average Bonchev–Trinajstić information content (AvgIpc) is 3.11. The first kappa shape index (κ1) is 19.7. The summed E-state index contributed by atoms with van der Waals surface area (Å²) in [6.07, 6.45) is 0. The molecule has 142 valence electrons. The lowest BCUT2D eigenvalue weighted by atomic mass is 10.3. The molecule has 0 aliphatic rings. The van der Waals surface area contributed by atoms with Gasteiger partial charge in [0.2, 0.25) is 5.91 Å². The van der Waals surface area contributed by atoms with Crippen LogP contribution in [0.1, 0.15) is 13.8 Å². The smallest absolute Gasteiger partial charge is 0.272 e. The minimum absolute atomic E-state index is 0.0745. The van der Waals surface area contributed by atoms with Crippen LogP contribution in [-0.2, 0) is 11.3 Å². The van der Waals surface area contributed by atoms with Crippen LogP contribution < -0.4 is 15.6 Å². The highest BCUT2D eigenvalue weighted by molar-refractivity contribution is 8.00. The van der Waals surface area contributed by atoms with E-state index in [0.29, 0.717) is 38.4 Å². The van der Waals surface area contributed by atoms with Crippen molar-refractivity contribution in [3.05, 3.63) is 45.0 Å². The fourth-order valence-corrected chi connectivity index (χ4v) is 4.50. The monoisotopic (exact) mass is 423 g/mol. The Hall–Kier alpha value is -2.03. The zero-order valence-corrected chi connectivity index (χ0v) is 17.4. The number of nitrogens with zero attached hydrogens (tertiary/aromatic N) is 2. The number of benzene rings is 1. The van der Waals surface area contributed by atoms with E-state index in [9.17, 15) is 9.59 Å². The SMILES string of the molecule is CCn1c(SC(C)C(=O)Nc2ccc(OC)c(Cl)c2)nc2ccsc2c1=O. The fraction of sp³-hybridized carbons (Fsp3) is 0.278. The van der Waals surface area contributed by atoms with Gasteiger partial charge in [0.1, 0.15) is 10.4 Å². The number of anilines is 1. The minimum Gasteiger partial charge on any atom is -0.495 e. The summed E-state index contributed by atoms with van der Waals surface area (Å²) < 4.78 is 7.33. The molecular formula is C18H18ClN3O3S2. The first-order valence-electron chi connectivity index (χ1n) is 8.23. The summed E-state index contributed by atoms with van der Waals surface area (Å²) in [5.74, 6) is 0.334. The molecule has 1 aromatic carbocycles. The number of thioether (sulfide) groups is 1. The van der Waals surface area contributed by atoms with Crippen LogP contribution in [0.2, 0.25) is 5.02 Å². The number of methoxy groups -OCH3 is 1. The summed E-state index contributed by atoms with van der Waals surface area (Å²) in [5.41, 5.74) is 1.16. The van der Waals surface area contributed by atoms with Gasteiger partial charge in [0, 0.05) is 12.2 Å². The molecule has 2 aromatic heterocycles. The van der Waals surface area contributed by atoms with Gasteiger partial charge in [-0.3, -0.25) is 14.2 Å². The standard InChI is InChI=1S/C18H18ClN3O3S2/c1-4-22-17(24)15-13(7-8-26-15)21-18(22)27-10(2)16(23)20-11-5-6-14(25-3)12(19)9-11/h5-10H,4H2,1-3H3,(H,20,23). The van der Waals surface area contributed by atoms with Crippen LogP contribution in [0.15, 0.2) is 39.6 Å². The van der Waals surface area contributed by atoms with Crippen molar-refractivity contribution in [3.63, 3.8) is 0 Å². The van der Waals surface area contributed by atoms with Crippen molar-refractivity contribution in [1.82, 2.24) is 9.55 Å². The molecule has 0 aliphatic carbocycles. The van der Waals surface area contributed by atoms with Gasteiger partial charge in [-0.1, -0.05) is 23.4 Å². The molecule has 0 aliphatic heterocycles. The Kier molecular flexibility index (Phi) is 6.08. The van der Waals surface area contributed by atoms with Gasteiger partial charge in [-0.05, 0) is 43.5 Å². The van der Waals surface area contributed by atoms with Crippen LogP contribution in [0.25, 0.3) is 10.2 Å².